The number of rotatable bonds is 3. The van der Waals surface area contributed by atoms with Crippen molar-refractivity contribution in [3.8, 4) is 0 Å². The normalized spacial score (nSPS) is 23.4. The van der Waals surface area contributed by atoms with Crippen LogP contribution >= 0.6 is 11.6 Å². The Bertz CT molecular complexity index is 435. The molecule has 2 rings (SSSR count). The SMILES string of the molecule is CCC1CN(C(=O)c2ccc(Cl)cn2)C(CC)CN1. The van der Waals surface area contributed by atoms with Crippen LogP contribution in [0.3, 0.4) is 0 Å². The maximum absolute atomic E-state index is 12.5. The highest BCUT2D eigenvalue weighted by atomic mass is 35.5. The van der Waals surface area contributed by atoms with E-state index in [2.05, 4.69) is 24.1 Å². The Kier molecular flexibility index (Phi) is 4.77. The van der Waals surface area contributed by atoms with E-state index in [-0.39, 0.29) is 11.9 Å². The van der Waals surface area contributed by atoms with Crippen LogP contribution in [0.5, 0.6) is 0 Å². The molecule has 1 saturated heterocycles. The third-order valence-corrected chi connectivity index (χ3v) is 3.90. The molecule has 1 amide bonds. The topological polar surface area (TPSA) is 45.2 Å². The van der Waals surface area contributed by atoms with E-state index >= 15 is 0 Å². The maximum Gasteiger partial charge on any atom is 0.272 e. The minimum Gasteiger partial charge on any atom is -0.332 e. The molecule has 0 spiro atoms. The van der Waals surface area contributed by atoms with Crippen molar-refractivity contribution in [1.29, 1.82) is 0 Å². The second kappa shape index (κ2) is 6.35. The van der Waals surface area contributed by atoms with E-state index < -0.39 is 0 Å². The predicted molar refractivity (Wildman–Crippen MR) is 76.4 cm³/mol. The van der Waals surface area contributed by atoms with Gasteiger partial charge in [-0.3, -0.25) is 4.79 Å². The Morgan fingerprint density at radius 3 is 2.84 bits per heavy atom. The smallest absolute Gasteiger partial charge is 0.272 e. The number of halogens is 1. The first-order chi connectivity index (χ1) is 9.15. The second-order valence-electron chi connectivity index (χ2n) is 4.89. The molecule has 1 aliphatic heterocycles. The molecule has 1 aromatic heterocycles. The maximum atomic E-state index is 12.5. The fourth-order valence-corrected chi connectivity index (χ4v) is 2.51. The number of pyridine rings is 1. The number of amides is 1. The zero-order chi connectivity index (χ0) is 13.8. The number of piperazine rings is 1. The van der Waals surface area contributed by atoms with Gasteiger partial charge in [-0.25, -0.2) is 4.98 Å². The molecule has 0 saturated carbocycles. The molecule has 19 heavy (non-hydrogen) atoms. The van der Waals surface area contributed by atoms with Crippen LogP contribution in [0.15, 0.2) is 18.3 Å². The lowest BCUT2D eigenvalue weighted by atomic mass is 10.0. The fraction of sp³-hybridized carbons (Fsp3) is 0.571. The van der Waals surface area contributed by atoms with Crippen molar-refractivity contribution < 1.29 is 4.79 Å². The summed E-state index contributed by atoms with van der Waals surface area (Å²) in [5.74, 6) is 0.00321. The Labute approximate surface area is 119 Å². The molecule has 104 valence electrons. The van der Waals surface area contributed by atoms with Gasteiger partial charge in [-0.05, 0) is 25.0 Å². The molecule has 2 unspecified atom stereocenters. The van der Waals surface area contributed by atoms with Crippen LogP contribution in [0.25, 0.3) is 0 Å². The average Bonchev–Trinajstić information content (AvgIpc) is 2.46. The van der Waals surface area contributed by atoms with E-state index in [1.165, 1.54) is 6.20 Å². The van der Waals surface area contributed by atoms with E-state index in [1.807, 2.05) is 4.90 Å². The molecule has 0 bridgehead atoms. The molecule has 4 nitrogen and oxygen atoms in total. The number of hydrogen-bond donors (Lipinski definition) is 1. The number of carbonyl (C=O) groups excluding carboxylic acids is 1. The summed E-state index contributed by atoms with van der Waals surface area (Å²) in [6.45, 7) is 5.84. The Morgan fingerprint density at radius 1 is 1.47 bits per heavy atom. The molecule has 0 radical (unpaired) electrons. The van der Waals surface area contributed by atoms with Crippen LogP contribution in [-0.4, -0.2) is 41.0 Å². The second-order valence-corrected chi connectivity index (χ2v) is 5.33. The molecular formula is C14H20ClN3O. The molecule has 1 aliphatic rings. The van der Waals surface area contributed by atoms with E-state index in [1.54, 1.807) is 12.1 Å². The highest BCUT2D eigenvalue weighted by molar-refractivity contribution is 6.30. The predicted octanol–water partition coefficient (Wildman–Crippen LogP) is 2.34. The largest absolute Gasteiger partial charge is 0.332 e. The minimum absolute atomic E-state index is 0.00321. The van der Waals surface area contributed by atoms with E-state index in [9.17, 15) is 4.79 Å². The van der Waals surface area contributed by atoms with Gasteiger partial charge in [0.2, 0.25) is 0 Å². The van der Waals surface area contributed by atoms with Crippen molar-refractivity contribution in [2.75, 3.05) is 13.1 Å². The van der Waals surface area contributed by atoms with Gasteiger partial charge in [-0.15, -0.1) is 0 Å². The number of nitrogens with zero attached hydrogens (tertiary/aromatic N) is 2. The van der Waals surface area contributed by atoms with E-state index in [0.29, 0.717) is 16.8 Å². The standard InChI is InChI=1S/C14H20ClN3O/c1-3-11-9-18(12(4-2)8-16-11)14(19)13-6-5-10(15)7-17-13/h5-7,11-12,16H,3-4,8-9H2,1-2H3. The highest BCUT2D eigenvalue weighted by Crippen LogP contribution is 2.16. The minimum atomic E-state index is 0.00321. The first-order valence-corrected chi connectivity index (χ1v) is 7.19. The summed E-state index contributed by atoms with van der Waals surface area (Å²) in [5.41, 5.74) is 0.472. The summed E-state index contributed by atoms with van der Waals surface area (Å²) in [4.78, 5) is 18.6. The summed E-state index contributed by atoms with van der Waals surface area (Å²) < 4.78 is 0. The molecule has 2 heterocycles. The molecular weight excluding hydrogens is 262 g/mol. The lowest BCUT2D eigenvalue weighted by Crippen LogP contribution is -2.58. The summed E-state index contributed by atoms with van der Waals surface area (Å²) in [7, 11) is 0. The van der Waals surface area contributed by atoms with Gasteiger partial charge in [-0.2, -0.15) is 0 Å². The number of aromatic nitrogens is 1. The zero-order valence-corrected chi connectivity index (χ0v) is 12.2. The number of carbonyl (C=O) groups is 1. The van der Waals surface area contributed by atoms with E-state index in [4.69, 9.17) is 11.6 Å². The Morgan fingerprint density at radius 2 is 2.26 bits per heavy atom. The molecule has 0 aromatic carbocycles. The highest BCUT2D eigenvalue weighted by Gasteiger charge is 2.30. The van der Waals surface area contributed by atoms with Crippen LogP contribution in [0.4, 0.5) is 0 Å². The summed E-state index contributed by atoms with van der Waals surface area (Å²) in [6.07, 6.45) is 3.49. The lowest BCUT2D eigenvalue weighted by Gasteiger charge is -2.39. The van der Waals surface area contributed by atoms with Crippen molar-refractivity contribution >= 4 is 17.5 Å². The summed E-state index contributed by atoms with van der Waals surface area (Å²) in [6, 6.07) is 4.02. The fourth-order valence-electron chi connectivity index (χ4n) is 2.40. The van der Waals surface area contributed by atoms with Crippen LogP contribution in [0.1, 0.15) is 37.2 Å². The van der Waals surface area contributed by atoms with Gasteiger partial charge in [-0.1, -0.05) is 25.4 Å². The lowest BCUT2D eigenvalue weighted by molar-refractivity contribution is 0.0570. The molecule has 5 heteroatoms. The van der Waals surface area contributed by atoms with Crippen LogP contribution in [-0.2, 0) is 0 Å². The third kappa shape index (κ3) is 3.25. The molecule has 1 fully saturated rings. The van der Waals surface area contributed by atoms with Crippen molar-refractivity contribution in [2.24, 2.45) is 0 Å². The van der Waals surface area contributed by atoms with Crippen LogP contribution in [0.2, 0.25) is 5.02 Å². The number of nitrogens with one attached hydrogen (secondary N) is 1. The first-order valence-electron chi connectivity index (χ1n) is 6.81. The van der Waals surface area contributed by atoms with Crippen molar-refractivity contribution in [3.63, 3.8) is 0 Å². The number of hydrogen-bond acceptors (Lipinski definition) is 3. The zero-order valence-electron chi connectivity index (χ0n) is 11.4. The van der Waals surface area contributed by atoms with Gasteiger partial charge >= 0.3 is 0 Å². The van der Waals surface area contributed by atoms with Gasteiger partial charge in [0.15, 0.2) is 0 Å². The van der Waals surface area contributed by atoms with Gasteiger partial charge in [0.1, 0.15) is 5.69 Å². The van der Waals surface area contributed by atoms with Gasteiger partial charge in [0.05, 0.1) is 5.02 Å². The Hall–Kier alpha value is -1.13. The molecule has 0 aliphatic carbocycles. The quantitative estimate of drug-likeness (QED) is 0.925. The van der Waals surface area contributed by atoms with Gasteiger partial charge in [0, 0.05) is 31.4 Å². The average molecular weight is 282 g/mol. The van der Waals surface area contributed by atoms with Crippen molar-refractivity contribution in [1.82, 2.24) is 15.2 Å². The van der Waals surface area contributed by atoms with Gasteiger partial charge < -0.3 is 10.2 Å². The molecule has 2 atom stereocenters. The summed E-state index contributed by atoms with van der Waals surface area (Å²) in [5, 5.41) is 4.03. The Balaban J connectivity index is 2.16. The van der Waals surface area contributed by atoms with Gasteiger partial charge in [0.25, 0.3) is 5.91 Å². The molecule has 1 N–H and O–H groups in total. The monoisotopic (exact) mass is 281 g/mol. The van der Waals surface area contributed by atoms with E-state index in [0.717, 1.165) is 25.9 Å². The van der Waals surface area contributed by atoms with Crippen LogP contribution in [0, 0.1) is 0 Å². The molecule has 1 aromatic rings. The first kappa shape index (κ1) is 14.3. The summed E-state index contributed by atoms with van der Waals surface area (Å²) >= 11 is 5.81. The van der Waals surface area contributed by atoms with Crippen molar-refractivity contribution in [2.45, 2.75) is 38.8 Å². The third-order valence-electron chi connectivity index (χ3n) is 3.67. The van der Waals surface area contributed by atoms with Crippen LogP contribution < -0.4 is 5.32 Å². The van der Waals surface area contributed by atoms with Crippen molar-refractivity contribution in [3.05, 3.63) is 29.0 Å².